The zero-order chi connectivity index (χ0) is 21.8. The molecule has 0 amide bonds. The molecule has 0 unspecified atom stereocenters. The number of ether oxygens (including phenoxy) is 1. The summed E-state index contributed by atoms with van der Waals surface area (Å²) in [5, 5.41) is 22.5. The zero-order valence-corrected chi connectivity index (χ0v) is 18.4. The number of aromatic amines is 1. The molecule has 8 heteroatoms. The van der Waals surface area contributed by atoms with Crippen molar-refractivity contribution in [3.8, 4) is 17.1 Å². The highest BCUT2D eigenvalue weighted by molar-refractivity contribution is 5.96. The van der Waals surface area contributed by atoms with Gasteiger partial charge in [0.15, 0.2) is 0 Å². The molecule has 0 atom stereocenters. The highest BCUT2D eigenvalue weighted by Crippen LogP contribution is 2.33. The van der Waals surface area contributed by atoms with Crippen molar-refractivity contribution in [2.24, 2.45) is 7.05 Å². The monoisotopic (exact) mass is 413 g/mol. The number of nitrogens with zero attached hydrogens (tertiary/aromatic N) is 4. The van der Waals surface area contributed by atoms with Gasteiger partial charge in [-0.1, -0.05) is 13.3 Å². The summed E-state index contributed by atoms with van der Waals surface area (Å²) in [6, 6.07) is 5.66. The molecule has 0 aliphatic carbocycles. The molecule has 3 aromatic rings. The Morgan fingerprint density at radius 3 is 2.73 bits per heavy atom. The van der Waals surface area contributed by atoms with E-state index in [2.05, 4.69) is 22.2 Å². The van der Waals surface area contributed by atoms with Crippen molar-refractivity contribution in [1.82, 2.24) is 20.0 Å². The summed E-state index contributed by atoms with van der Waals surface area (Å²) in [6.45, 7) is 9.15. The summed E-state index contributed by atoms with van der Waals surface area (Å²) in [6.07, 6.45) is 1.99. The maximum absolute atomic E-state index is 12.8. The number of fused-ring (bicyclic) bond motifs is 1. The van der Waals surface area contributed by atoms with Crippen LogP contribution in [0.5, 0.6) is 5.75 Å². The molecule has 0 saturated heterocycles. The fraction of sp³-hybridized carbons (Fsp3) is 0.500. The number of aromatic nitrogens is 4. The van der Waals surface area contributed by atoms with Crippen LogP contribution in [0.15, 0.2) is 23.0 Å². The number of H-pyrrole nitrogens is 1. The van der Waals surface area contributed by atoms with E-state index >= 15 is 0 Å². The van der Waals surface area contributed by atoms with E-state index in [4.69, 9.17) is 4.74 Å². The third-order valence-electron chi connectivity index (χ3n) is 5.08. The minimum atomic E-state index is -0.191. The molecule has 0 saturated carbocycles. The average Bonchev–Trinajstić information content (AvgIpc) is 3.14. The van der Waals surface area contributed by atoms with Gasteiger partial charge in [0.25, 0.3) is 5.56 Å². The third-order valence-corrected chi connectivity index (χ3v) is 5.08. The van der Waals surface area contributed by atoms with E-state index in [-0.39, 0.29) is 18.3 Å². The molecule has 2 heterocycles. The first-order chi connectivity index (χ1) is 14.4. The molecular weight excluding hydrogens is 382 g/mol. The Kier molecular flexibility index (Phi) is 6.77. The lowest BCUT2D eigenvalue weighted by Gasteiger charge is -2.23. The summed E-state index contributed by atoms with van der Waals surface area (Å²) >= 11 is 0. The second kappa shape index (κ2) is 9.30. The normalized spacial score (nSPS) is 11.4. The van der Waals surface area contributed by atoms with E-state index in [1.54, 1.807) is 13.1 Å². The number of rotatable bonds is 9. The SMILES string of the molecule is CCCCN(CCO)c1cc(-c2n[nH]c3ccc(OC(C)C)c(C)c23)nn(C)c1=O. The topological polar surface area (TPSA) is 96.3 Å². The summed E-state index contributed by atoms with van der Waals surface area (Å²) < 4.78 is 7.28. The Labute approximate surface area is 176 Å². The van der Waals surface area contributed by atoms with Crippen LogP contribution in [-0.2, 0) is 7.05 Å². The number of anilines is 1. The van der Waals surface area contributed by atoms with Crippen molar-refractivity contribution in [2.75, 3.05) is 24.6 Å². The van der Waals surface area contributed by atoms with E-state index in [0.717, 1.165) is 35.1 Å². The van der Waals surface area contributed by atoms with Gasteiger partial charge in [0, 0.05) is 31.1 Å². The molecular formula is C22H31N5O3. The fourth-order valence-electron chi connectivity index (χ4n) is 3.59. The molecule has 0 aliphatic heterocycles. The maximum atomic E-state index is 12.8. The lowest BCUT2D eigenvalue weighted by molar-refractivity contribution is 0.241. The van der Waals surface area contributed by atoms with E-state index in [1.807, 2.05) is 37.8 Å². The number of aliphatic hydroxyl groups excluding tert-OH is 1. The van der Waals surface area contributed by atoms with Gasteiger partial charge in [0.05, 0.1) is 18.2 Å². The van der Waals surface area contributed by atoms with Gasteiger partial charge in [0.1, 0.15) is 22.8 Å². The Morgan fingerprint density at radius 1 is 1.30 bits per heavy atom. The number of aliphatic hydroxyl groups is 1. The van der Waals surface area contributed by atoms with Crippen LogP contribution in [0.25, 0.3) is 22.3 Å². The van der Waals surface area contributed by atoms with Gasteiger partial charge in [-0.25, -0.2) is 4.68 Å². The first-order valence-corrected chi connectivity index (χ1v) is 10.5. The van der Waals surface area contributed by atoms with Crippen LogP contribution < -0.4 is 15.2 Å². The van der Waals surface area contributed by atoms with Crippen molar-refractivity contribution in [2.45, 2.75) is 46.6 Å². The number of benzene rings is 1. The van der Waals surface area contributed by atoms with Crippen molar-refractivity contribution in [3.05, 3.63) is 34.1 Å². The lowest BCUT2D eigenvalue weighted by Crippen LogP contribution is -2.35. The summed E-state index contributed by atoms with van der Waals surface area (Å²) in [4.78, 5) is 14.7. The van der Waals surface area contributed by atoms with E-state index < -0.39 is 0 Å². The van der Waals surface area contributed by atoms with Gasteiger partial charge in [-0.05, 0) is 45.4 Å². The molecule has 30 heavy (non-hydrogen) atoms. The average molecular weight is 414 g/mol. The van der Waals surface area contributed by atoms with E-state index in [9.17, 15) is 9.90 Å². The third kappa shape index (κ3) is 4.33. The van der Waals surface area contributed by atoms with Crippen LogP contribution in [0.2, 0.25) is 0 Å². The van der Waals surface area contributed by atoms with Crippen molar-refractivity contribution in [1.29, 1.82) is 0 Å². The van der Waals surface area contributed by atoms with Crippen LogP contribution in [-0.4, -0.2) is 50.9 Å². The molecule has 8 nitrogen and oxygen atoms in total. The van der Waals surface area contributed by atoms with E-state index in [1.165, 1.54) is 4.68 Å². The van der Waals surface area contributed by atoms with Crippen LogP contribution in [0.4, 0.5) is 5.69 Å². The standard InChI is InChI=1S/C22H31N5O3/c1-6-7-10-27(11-12-28)18-13-17(25-26(5)22(18)29)21-20-15(4)19(30-14(2)3)9-8-16(20)23-24-21/h8-9,13-14,28H,6-7,10-12H2,1-5H3,(H,23,24). The largest absolute Gasteiger partial charge is 0.491 e. The number of hydrogen-bond donors (Lipinski definition) is 2. The molecule has 0 radical (unpaired) electrons. The van der Waals surface area contributed by atoms with Gasteiger partial charge in [-0.3, -0.25) is 9.89 Å². The van der Waals surface area contributed by atoms with Crippen molar-refractivity contribution < 1.29 is 9.84 Å². The second-order valence-corrected chi connectivity index (χ2v) is 7.76. The Morgan fingerprint density at radius 2 is 2.07 bits per heavy atom. The van der Waals surface area contributed by atoms with Gasteiger partial charge in [-0.2, -0.15) is 10.2 Å². The van der Waals surface area contributed by atoms with Gasteiger partial charge in [0.2, 0.25) is 0 Å². The molecule has 0 fully saturated rings. The van der Waals surface area contributed by atoms with Gasteiger partial charge in [-0.15, -0.1) is 0 Å². The summed E-state index contributed by atoms with van der Waals surface area (Å²) in [5.41, 5.74) is 3.46. The van der Waals surface area contributed by atoms with E-state index in [0.29, 0.717) is 30.2 Å². The Balaban J connectivity index is 2.15. The highest BCUT2D eigenvalue weighted by atomic mass is 16.5. The molecule has 0 spiro atoms. The number of unbranched alkanes of at least 4 members (excludes halogenated alkanes) is 1. The van der Waals surface area contributed by atoms with Crippen LogP contribution in [0.1, 0.15) is 39.2 Å². The van der Waals surface area contributed by atoms with Crippen molar-refractivity contribution in [3.63, 3.8) is 0 Å². The van der Waals surface area contributed by atoms with Crippen LogP contribution in [0.3, 0.4) is 0 Å². The molecule has 0 aliphatic rings. The first-order valence-electron chi connectivity index (χ1n) is 10.5. The van der Waals surface area contributed by atoms with Crippen LogP contribution >= 0.6 is 0 Å². The molecule has 2 aromatic heterocycles. The fourth-order valence-corrected chi connectivity index (χ4v) is 3.59. The number of aryl methyl sites for hydroxylation is 2. The molecule has 2 N–H and O–H groups in total. The number of nitrogens with one attached hydrogen (secondary N) is 1. The second-order valence-electron chi connectivity index (χ2n) is 7.76. The minimum Gasteiger partial charge on any atom is -0.491 e. The van der Waals surface area contributed by atoms with Crippen molar-refractivity contribution >= 4 is 16.6 Å². The predicted molar refractivity (Wildman–Crippen MR) is 119 cm³/mol. The summed E-state index contributed by atoms with van der Waals surface area (Å²) in [5.74, 6) is 0.801. The first kappa shape index (κ1) is 21.8. The minimum absolute atomic E-state index is 0.0229. The quantitative estimate of drug-likeness (QED) is 0.560. The smallest absolute Gasteiger partial charge is 0.290 e. The Bertz CT molecular complexity index is 1070. The maximum Gasteiger partial charge on any atom is 0.290 e. The lowest BCUT2D eigenvalue weighted by atomic mass is 10.1. The van der Waals surface area contributed by atoms with Crippen LogP contribution in [0, 0.1) is 6.92 Å². The predicted octanol–water partition coefficient (Wildman–Crippen LogP) is 3.02. The molecule has 3 rings (SSSR count). The summed E-state index contributed by atoms with van der Waals surface area (Å²) in [7, 11) is 1.64. The number of hydrogen-bond acceptors (Lipinski definition) is 6. The molecule has 162 valence electrons. The molecule has 0 bridgehead atoms. The Hall–Kier alpha value is -2.87. The molecule has 1 aromatic carbocycles. The van der Waals surface area contributed by atoms with Gasteiger partial charge < -0.3 is 14.7 Å². The van der Waals surface area contributed by atoms with Gasteiger partial charge >= 0.3 is 0 Å². The highest BCUT2D eigenvalue weighted by Gasteiger charge is 2.19. The zero-order valence-electron chi connectivity index (χ0n) is 18.4.